The lowest BCUT2D eigenvalue weighted by Gasteiger charge is -2.37. The number of ether oxygens (including phenoxy) is 2. The fourth-order valence-corrected chi connectivity index (χ4v) is 5.65. The first-order chi connectivity index (χ1) is 19.6. The largest absolute Gasteiger partial charge is 0.445 e. The van der Waals surface area contributed by atoms with Crippen LogP contribution in [-0.2, 0) is 27.6 Å². The average molecular weight is 581 g/mol. The zero-order chi connectivity index (χ0) is 29.4. The molecule has 1 saturated heterocycles. The number of hydrazine groups is 1. The van der Waals surface area contributed by atoms with Crippen molar-refractivity contribution in [1.29, 1.82) is 0 Å². The normalized spacial score (nSPS) is 17.2. The number of nitrogens with zero attached hydrogens (tertiary/aromatic N) is 3. The summed E-state index contributed by atoms with van der Waals surface area (Å²) in [6.45, 7) is 11.2. The zero-order valence-electron chi connectivity index (χ0n) is 24.2. The summed E-state index contributed by atoms with van der Waals surface area (Å²) in [7, 11) is -1.21. The highest BCUT2D eigenvalue weighted by Crippen LogP contribution is 2.30. The van der Waals surface area contributed by atoms with Crippen LogP contribution >= 0.6 is 0 Å². The van der Waals surface area contributed by atoms with Crippen molar-refractivity contribution < 1.29 is 23.9 Å². The topological polar surface area (TPSA) is 127 Å². The third-order valence-corrected chi connectivity index (χ3v) is 8.68. The van der Waals surface area contributed by atoms with Gasteiger partial charge in [-0.1, -0.05) is 56.9 Å². The predicted octanol–water partition coefficient (Wildman–Crippen LogP) is 4.20. The summed E-state index contributed by atoms with van der Waals surface area (Å²) in [4.78, 5) is 43.0. The van der Waals surface area contributed by atoms with Crippen LogP contribution in [0.2, 0.25) is 25.7 Å². The van der Waals surface area contributed by atoms with E-state index in [0.29, 0.717) is 44.2 Å². The van der Waals surface area contributed by atoms with Crippen molar-refractivity contribution in [2.45, 2.75) is 58.4 Å². The average Bonchev–Trinajstić information content (AvgIpc) is 3.36. The highest BCUT2D eigenvalue weighted by atomic mass is 28.3. The molecule has 41 heavy (non-hydrogen) atoms. The van der Waals surface area contributed by atoms with Crippen LogP contribution in [-0.4, -0.2) is 66.7 Å². The minimum atomic E-state index is -1.21. The smallest absolute Gasteiger partial charge is 0.410 e. The molecule has 0 radical (unpaired) electrons. The molecule has 3 amide bonds. The van der Waals surface area contributed by atoms with E-state index in [9.17, 15) is 14.4 Å². The van der Waals surface area contributed by atoms with E-state index in [0.717, 1.165) is 23.4 Å². The van der Waals surface area contributed by atoms with Gasteiger partial charge in [0.25, 0.3) is 5.91 Å². The summed E-state index contributed by atoms with van der Waals surface area (Å²) >= 11 is 0. The molecule has 3 heterocycles. The summed E-state index contributed by atoms with van der Waals surface area (Å²) in [5.41, 5.74) is 7.03. The number of anilines is 1. The van der Waals surface area contributed by atoms with E-state index in [4.69, 9.17) is 9.47 Å². The Morgan fingerprint density at radius 3 is 2.66 bits per heavy atom. The van der Waals surface area contributed by atoms with Crippen molar-refractivity contribution in [1.82, 2.24) is 25.3 Å². The number of nitrogens with one attached hydrogen (secondary N) is 3. The van der Waals surface area contributed by atoms with Crippen molar-refractivity contribution >= 4 is 43.2 Å². The molecular weight excluding hydrogens is 540 g/mol. The first-order valence-electron chi connectivity index (χ1n) is 13.9. The van der Waals surface area contributed by atoms with Gasteiger partial charge in [-0.25, -0.2) is 9.78 Å². The number of fused-ring (bicyclic) bond motifs is 1. The molecule has 0 spiro atoms. The Morgan fingerprint density at radius 1 is 1.15 bits per heavy atom. The van der Waals surface area contributed by atoms with E-state index in [1.807, 2.05) is 47.2 Å². The molecule has 4 rings (SSSR count). The molecule has 1 aromatic carbocycles. The number of piperidine rings is 1. The first-order valence-corrected chi connectivity index (χ1v) is 17.6. The van der Waals surface area contributed by atoms with E-state index in [2.05, 4.69) is 47.7 Å². The standard InChI is InChI=1S/C29H40N6O5Si/c1-21-14-23(17-35(16-21)29(38)40-18-22-8-6-5-7-9-22)32-26-24-10-11-34(20-39-12-13-41(2,3)4)27(24)30-15-25(26)28(37)33-31-19-36/h5-11,15,19,21,23H,12-14,16-18,20H2,1-4H3,(H,30,32)(H,31,36)(H,33,37)/t21-,23+/m0/s1. The van der Waals surface area contributed by atoms with Gasteiger partial charge in [-0.05, 0) is 30.0 Å². The van der Waals surface area contributed by atoms with E-state index in [-0.39, 0.29) is 30.2 Å². The molecule has 12 heteroatoms. The van der Waals surface area contributed by atoms with Crippen LogP contribution in [0.15, 0.2) is 48.8 Å². The Morgan fingerprint density at radius 2 is 1.93 bits per heavy atom. The van der Waals surface area contributed by atoms with Crippen LogP contribution in [0.3, 0.4) is 0 Å². The Balaban J connectivity index is 1.52. The molecule has 11 nitrogen and oxygen atoms in total. The maximum absolute atomic E-state index is 13.0. The quantitative estimate of drug-likeness (QED) is 0.127. The summed E-state index contributed by atoms with van der Waals surface area (Å²) in [6.07, 6.45) is 4.19. The van der Waals surface area contributed by atoms with Crippen LogP contribution in [0.1, 0.15) is 29.3 Å². The molecule has 0 unspecified atom stereocenters. The Kier molecular flexibility index (Phi) is 10.0. The van der Waals surface area contributed by atoms with Crippen LogP contribution in [0.4, 0.5) is 10.5 Å². The van der Waals surface area contributed by atoms with Gasteiger partial charge in [0, 0.05) is 51.6 Å². The summed E-state index contributed by atoms with van der Waals surface area (Å²) in [5.74, 6) is -0.294. The number of pyridine rings is 1. The number of carbonyl (C=O) groups is 3. The molecule has 1 aliphatic rings. The number of aromatic nitrogens is 2. The Labute approximate surface area is 241 Å². The van der Waals surface area contributed by atoms with Crippen LogP contribution in [0.5, 0.6) is 0 Å². The van der Waals surface area contributed by atoms with Gasteiger partial charge in [-0.2, -0.15) is 0 Å². The van der Waals surface area contributed by atoms with E-state index < -0.39 is 14.0 Å². The lowest BCUT2D eigenvalue weighted by atomic mass is 9.95. The zero-order valence-corrected chi connectivity index (χ0v) is 25.2. The van der Waals surface area contributed by atoms with Crippen LogP contribution in [0, 0.1) is 5.92 Å². The van der Waals surface area contributed by atoms with Crippen molar-refractivity contribution in [3.05, 3.63) is 59.9 Å². The molecule has 0 aliphatic carbocycles. The minimum Gasteiger partial charge on any atom is -0.445 e. The Bertz CT molecular complexity index is 1340. The van der Waals surface area contributed by atoms with Gasteiger partial charge < -0.3 is 24.3 Å². The molecular formula is C29H40N6O5Si. The highest BCUT2D eigenvalue weighted by molar-refractivity contribution is 6.76. The molecule has 2 aromatic heterocycles. The van der Waals surface area contributed by atoms with Crippen molar-refractivity contribution in [2.24, 2.45) is 5.92 Å². The molecule has 0 bridgehead atoms. The van der Waals surface area contributed by atoms with Crippen molar-refractivity contribution in [2.75, 3.05) is 25.0 Å². The summed E-state index contributed by atoms with van der Waals surface area (Å²) in [6, 6.07) is 12.4. The Hall–Kier alpha value is -3.90. The number of hydrogen-bond acceptors (Lipinski definition) is 7. The molecule has 3 N–H and O–H groups in total. The number of benzene rings is 1. The van der Waals surface area contributed by atoms with Crippen molar-refractivity contribution in [3.63, 3.8) is 0 Å². The maximum atomic E-state index is 13.0. The summed E-state index contributed by atoms with van der Waals surface area (Å²) < 4.78 is 13.4. The molecule has 1 fully saturated rings. The lowest BCUT2D eigenvalue weighted by Crippen LogP contribution is -2.48. The van der Waals surface area contributed by atoms with Gasteiger partial charge >= 0.3 is 6.09 Å². The number of likely N-dealkylation sites (tertiary alicyclic amines) is 1. The molecule has 3 aromatic rings. The predicted molar refractivity (Wildman–Crippen MR) is 160 cm³/mol. The van der Waals surface area contributed by atoms with Gasteiger partial charge in [0.15, 0.2) is 0 Å². The van der Waals surface area contributed by atoms with E-state index in [1.165, 1.54) is 6.20 Å². The molecule has 2 atom stereocenters. The van der Waals surface area contributed by atoms with Crippen molar-refractivity contribution in [3.8, 4) is 0 Å². The molecule has 1 aliphatic heterocycles. The third kappa shape index (κ3) is 8.30. The van der Waals surface area contributed by atoms with Gasteiger partial charge in [0.05, 0.1) is 11.3 Å². The van der Waals surface area contributed by atoms with E-state index in [1.54, 1.807) is 4.90 Å². The SMILES string of the molecule is C[C@H]1C[C@@H](Nc2c(C(=O)NNC=O)cnc3c2ccn3COCC[Si](C)(C)C)CN(C(=O)OCc2ccccc2)C1. The maximum Gasteiger partial charge on any atom is 0.410 e. The molecule has 0 saturated carbocycles. The second-order valence-corrected chi connectivity index (χ2v) is 17.4. The monoisotopic (exact) mass is 580 g/mol. The minimum absolute atomic E-state index is 0.143. The second kappa shape index (κ2) is 13.6. The van der Waals surface area contributed by atoms with E-state index >= 15 is 0 Å². The number of carbonyl (C=O) groups excluding carboxylic acids is 3. The second-order valence-electron chi connectivity index (χ2n) is 11.8. The number of amides is 3. The van der Waals surface area contributed by atoms with Gasteiger partial charge in [-0.15, -0.1) is 0 Å². The summed E-state index contributed by atoms with van der Waals surface area (Å²) in [5, 5.41) is 4.27. The van der Waals surface area contributed by atoms with Gasteiger partial charge in [0.1, 0.15) is 19.0 Å². The third-order valence-electron chi connectivity index (χ3n) is 6.98. The van der Waals surface area contributed by atoms with Gasteiger partial charge in [0.2, 0.25) is 6.41 Å². The van der Waals surface area contributed by atoms with Gasteiger partial charge in [-0.3, -0.25) is 20.4 Å². The fraction of sp³-hybridized carbons (Fsp3) is 0.448. The number of rotatable bonds is 12. The first kappa shape index (κ1) is 30.1. The van der Waals surface area contributed by atoms with Crippen LogP contribution in [0.25, 0.3) is 11.0 Å². The molecule has 220 valence electrons. The number of hydrogen-bond donors (Lipinski definition) is 3. The lowest BCUT2D eigenvalue weighted by molar-refractivity contribution is -0.110. The fourth-order valence-electron chi connectivity index (χ4n) is 4.89. The highest BCUT2D eigenvalue weighted by Gasteiger charge is 2.30. The van der Waals surface area contributed by atoms with Crippen LogP contribution < -0.4 is 16.2 Å².